The number of benzene rings is 2. The minimum Gasteiger partial charge on any atom is -0.493 e. The molecule has 35 heavy (non-hydrogen) atoms. The summed E-state index contributed by atoms with van der Waals surface area (Å²) in [4.78, 5) is 31.8. The van der Waals surface area contributed by atoms with Crippen molar-refractivity contribution in [1.82, 2.24) is 14.7 Å². The minimum absolute atomic E-state index is 0.0476. The predicted molar refractivity (Wildman–Crippen MR) is 137 cm³/mol. The summed E-state index contributed by atoms with van der Waals surface area (Å²) in [6.07, 6.45) is 0. The zero-order valence-corrected chi connectivity index (χ0v) is 21.0. The summed E-state index contributed by atoms with van der Waals surface area (Å²) in [6.45, 7) is 3.93. The predicted octanol–water partition coefficient (Wildman–Crippen LogP) is 3.75. The van der Waals surface area contributed by atoms with Gasteiger partial charge in [0.15, 0.2) is 11.5 Å². The van der Waals surface area contributed by atoms with Gasteiger partial charge >= 0.3 is 0 Å². The summed E-state index contributed by atoms with van der Waals surface area (Å²) in [5, 5.41) is 1.92. The first-order valence-electron chi connectivity index (χ1n) is 11.7. The molecule has 1 aliphatic heterocycles. The Kier molecular flexibility index (Phi) is 8.39. The first kappa shape index (κ1) is 24.8. The van der Waals surface area contributed by atoms with Crippen LogP contribution in [0.25, 0.3) is 0 Å². The summed E-state index contributed by atoms with van der Waals surface area (Å²) in [6, 6.07) is 19.5. The highest BCUT2D eigenvalue weighted by Gasteiger charge is 2.24. The van der Waals surface area contributed by atoms with Crippen molar-refractivity contribution in [3.05, 3.63) is 82.0 Å². The van der Waals surface area contributed by atoms with Crippen LogP contribution in [-0.4, -0.2) is 73.4 Å². The molecule has 4 rings (SSSR count). The number of likely N-dealkylation sites (N-methyl/N-ethyl adjacent to an activating group) is 1. The lowest BCUT2D eigenvalue weighted by atomic mass is 10.2. The molecule has 8 heteroatoms. The van der Waals surface area contributed by atoms with Crippen molar-refractivity contribution in [2.75, 3.05) is 46.9 Å². The van der Waals surface area contributed by atoms with Crippen LogP contribution in [0, 0.1) is 0 Å². The summed E-state index contributed by atoms with van der Waals surface area (Å²) < 4.78 is 11.5. The molecule has 0 radical (unpaired) electrons. The van der Waals surface area contributed by atoms with E-state index in [1.165, 1.54) is 11.3 Å². The number of nitrogens with zero attached hydrogens (tertiary/aromatic N) is 3. The van der Waals surface area contributed by atoms with E-state index in [9.17, 15) is 9.59 Å². The summed E-state index contributed by atoms with van der Waals surface area (Å²) in [7, 11) is 3.43. The number of methoxy groups -OCH3 is 1. The molecule has 1 fully saturated rings. The zero-order valence-electron chi connectivity index (χ0n) is 20.2. The molecule has 0 saturated carbocycles. The maximum absolute atomic E-state index is 12.8. The van der Waals surface area contributed by atoms with Crippen LogP contribution in [-0.2, 0) is 17.9 Å². The standard InChI is InChI=1S/C27H31N3O4S/c1-28(26(31)19-29-12-14-30(15-13-29)27(32)25-9-6-16-35-25)18-22-10-11-23(24(17-22)33-2)34-20-21-7-4-3-5-8-21/h3-11,16-17H,12-15,18-20H2,1-2H3. The fourth-order valence-electron chi connectivity index (χ4n) is 4.00. The first-order valence-corrected chi connectivity index (χ1v) is 12.5. The van der Waals surface area contributed by atoms with Gasteiger partial charge in [0.2, 0.25) is 5.91 Å². The van der Waals surface area contributed by atoms with Gasteiger partial charge < -0.3 is 19.3 Å². The molecule has 1 saturated heterocycles. The molecular weight excluding hydrogens is 462 g/mol. The molecule has 0 atom stereocenters. The lowest BCUT2D eigenvalue weighted by molar-refractivity contribution is -0.132. The number of ether oxygens (including phenoxy) is 2. The highest BCUT2D eigenvalue weighted by atomic mass is 32.1. The zero-order chi connectivity index (χ0) is 24.6. The van der Waals surface area contributed by atoms with Crippen molar-refractivity contribution < 1.29 is 19.1 Å². The molecule has 0 unspecified atom stereocenters. The molecule has 7 nitrogen and oxygen atoms in total. The topological polar surface area (TPSA) is 62.3 Å². The quantitative estimate of drug-likeness (QED) is 0.454. The molecule has 2 aromatic carbocycles. The van der Waals surface area contributed by atoms with E-state index in [-0.39, 0.29) is 11.8 Å². The van der Waals surface area contributed by atoms with E-state index in [4.69, 9.17) is 9.47 Å². The van der Waals surface area contributed by atoms with Gasteiger partial charge in [0, 0.05) is 39.8 Å². The van der Waals surface area contributed by atoms with Gasteiger partial charge in [0.05, 0.1) is 18.5 Å². The molecular formula is C27H31N3O4S. The first-order chi connectivity index (χ1) is 17.0. The second kappa shape index (κ2) is 11.9. The van der Waals surface area contributed by atoms with Crippen molar-refractivity contribution in [3.63, 3.8) is 0 Å². The van der Waals surface area contributed by atoms with Crippen molar-refractivity contribution in [2.45, 2.75) is 13.2 Å². The highest BCUT2D eigenvalue weighted by molar-refractivity contribution is 7.12. The fraction of sp³-hybridized carbons (Fsp3) is 0.333. The number of rotatable bonds is 9. The third kappa shape index (κ3) is 6.61. The monoisotopic (exact) mass is 493 g/mol. The van der Waals surface area contributed by atoms with E-state index < -0.39 is 0 Å². The molecule has 0 N–H and O–H groups in total. The maximum Gasteiger partial charge on any atom is 0.264 e. The molecule has 0 bridgehead atoms. The van der Waals surface area contributed by atoms with Gasteiger partial charge in [0.25, 0.3) is 5.91 Å². The average Bonchev–Trinajstić information content (AvgIpc) is 3.43. The Morgan fingerprint density at radius 3 is 2.40 bits per heavy atom. The highest BCUT2D eigenvalue weighted by Crippen LogP contribution is 2.29. The van der Waals surface area contributed by atoms with Crippen LogP contribution in [0.15, 0.2) is 66.0 Å². The number of hydrogen-bond acceptors (Lipinski definition) is 6. The Labute approximate surface area is 210 Å². The van der Waals surface area contributed by atoms with Gasteiger partial charge in [0.1, 0.15) is 6.61 Å². The van der Waals surface area contributed by atoms with Crippen LogP contribution < -0.4 is 9.47 Å². The molecule has 2 heterocycles. The number of amides is 2. The number of hydrogen-bond donors (Lipinski definition) is 0. The van der Waals surface area contributed by atoms with E-state index in [0.29, 0.717) is 57.4 Å². The minimum atomic E-state index is 0.0476. The second-order valence-corrected chi connectivity index (χ2v) is 9.50. The Bertz CT molecular complexity index is 1110. The van der Waals surface area contributed by atoms with E-state index in [2.05, 4.69) is 4.90 Å². The van der Waals surface area contributed by atoms with Gasteiger partial charge in [-0.2, -0.15) is 0 Å². The lowest BCUT2D eigenvalue weighted by Crippen LogP contribution is -2.51. The van der Waals surface area contributed by atoms with E-state index in [1.54, 1.807) is 12.0 Å². The van der Waals surface area contributed by atoms with E-state index in [0.717, 1.165) is 16.0 Å². The van der Waals surface area contributed by atoms with E-state index in [1.807, 2.05) is 78.0 Å². The molecule has 0 spiro atoms. The fourth-order valence-corrected chi connectivity index (χ4v) is 4.69. The summed E-state index contributed by atoms with van der Waals surface area (Å²) in [5.41, 5.74) is 2.05. The Morgan fingerprint density at radius 2 is 1.71 bits per heavy atom. The van der Waals surface area contributed by atoms with Crippen LogP contribution in [0.2, 0.25) is 0 Å². The van der Waals surface area contributed by atoms with Crippen LogP contribution in [0.4, 0.5) is 0 Å². The van der Waals surface area contributed by atoms with Gasteiger partial charge in [-0.15, -0.1) is 11.3 Å². The van der Waals surface area contributed by atoms with Gasteiger partial charge in [-0.05, 0) is 34.7 Å². The Balaban J connectivity index is 1.26. The van der Waals surface area contributed by atoms with Gasteiger partial charge in [-0.25, -0.2) is 0 Å². The Morgan fingerprint density at radius 1 is 0.943 bits per heavy atom. The number of thiophene rings is 1. The van der Waals surface area contributed by atoms with Crippen LogP contribution in [0.5, 0.6) is 11.5 Å². The van der Waals surface area contributed by atoms with Crippen LogP contribution in [0.3, 0.4) is 0 Å². The Hall–Kier alpha value is -3.36. The normalized spacial score (nSPS) is 13.9. The van der Waals surface area contributed by atoms with Crippen molar-refractivity contribution in [1.29, 1.82) is 0 Å². The maximum atomic E-state index is 12.8. The van der Waals surface area contributed by atoms with Crippen molar-refractivity contribution in [3.8, 4) is 11.5 Å². The summed E-state index contributed by atoms with van der Waals surface area (Å²) in [5.74, 6) is 1.44. The number of carbonyl (C=O) groups is 2. The molecule has 1 aromatic heterocycles. The van der Waals surface area contributed by atoms with Crippen LogP contribution in [0.1, 0.15) is 20.8 Å². The van der Waals surface area contributed by atoms with E-state index >= 15 is 0 Å². The molecule has 0 aliphatic carbocycles. The third-order valence-corrected chi connectivity index (χ3v) is 6.92. The molecule has 3 aromatic rings. The third-order valence-electron chi connectivity index (χ3n) is 6.06. The molecule has 184 valence electrons. The molecule has 1 aliphatic rings. The van der Waals surface area contributed by atoms with Crippen molar-refractivity contribution in [2.24, 2.45) is 0 Å². The van der Waals surface area contributed by atoms with Gasteiger partial charge in [-0.1, -0.05) is 42.5 Å². The van der Waals surface area contributed by atoms with Gasteiger partial charge in [-0.3, -0.25) is 14.5 Å². The smallest absolute Gasteiger partial charge is 0.264 e. The number of piperazine rings is 1. The summed E-state index contributed by atoms with van der Waals surface area (Å²) >= 11 is 1.46. The molecule has 2 amide bonds. The second-order valence-electron chi connectivity index (χ2n) is 8.55. The number of carbonyl (C=O) groups excluding carboxylic acids is 2. The SMILES string of the molecule is COc1cc(CN(C)C(=O)CN2CCN(C(=O)c3cccs3)CC2)ccc1OCc1ccccc1. The lowest BCUT2D eigenvalue weighted by Gasteiger charge is -2.34. The van der Waals surface area contributed by atoms with Crippen molar-refractivity contribution >= 4 is 23.2 Å². The average molecular weight is 494 g/mol. The largest absolute Gasteiger partial charge is 0.493 e. The van der Waals surface area contributed by atoms with Crippen LogP contribution >= 0.6 is 11.3 Å².